The maximum Gasteiger partial charge on any atom is -0.00519 e. The first kappa shape index (κ1) is 24.2. The molecule has 0 aromatic rings. The van der Waals surface area contributed by atoms with E-state index in [1.807, 2.05) is 20.9 Å². The van der Waals surface area contributed by atoms with Gasteiger partial charge in [0.15, 0.2) is 0 Å². The molecule has 1 N–H and O–H groups in total. The zero-order valence-electron chi connectivity index (χ0n) is 16.5. The molecule has 0 aromatic heterocycles. The van der Waals surface area contributed by atoms with E-state index in [0.717, 1.165) is 0 Å². The number of hydrogen-bond donors (Lipinski definition) is 1. The Kier molecular flexibility index (Phi) is 28.5. The van der Waals surface area contributed by atoms with Gasteiger partial charge in [-0.15, -0.1) is 0 Å². The molecule has 0 saturated heterocycles. The van der Waals surface area contributed by atoms with Gasteiger partial charge < -0.3 is 5.32 Å². The fourth-order valence-electron chi connectivity index (χ4n) is 2.85. The van der Waals surface area contributed by atoms with Gasteiger partial charge in [0, 0.05) is 0 Å². The van der Waals surface area contributed by atoms with Crippen LogP contribution in [0.15, 0.2) is 0 Å². The molecule has 0 aliphatic heterocycles. The van der Waals surface area contributed by atoms with Crippen molar-refractivity contribution in [3.05, 3.63) is 0 Å². The molecule has 0 saturated carbocycles. The zero-order chi connectivity index (χ0) is 16.7. The Balaban J connectivity index is 0. The second-order valence-electron chi connectivity index (χ2n) is 6.41. The molecule has 0 unspecified atom stereocenters. The van der Waals surface area contributed by atoms with E-state index < -0.39 is 0 Å². The summed E-state index contributed by atoms with van der Waals surface area (Å²) in [7, 11) is 2.05. The lowest BCUT2D eigenvalue weighted by atomic mass is 10.0. The average Bonchev–Trinajstić information content (AvgIpc) is 2.56. The third-order valence-corrected chi connectivity index (χ3v) is 4.28. The third-order valence-electron chi connectivity index (χ3n) is 4.28. The van der Waals surface area contributed by atoms with Crippen molar-refractivity contribution in [2.24, 2.45) is 0 Å². The molecule has 1 nitrogen and oxygen atoms in total. The molecule has 22 heavy (non-hydrogen) atoms. The largest absolute Gasteiger partial charge is 0.320 e. The predicted octanol–water partition coefficient (Wildman–Crippen LogP) is 7.49. The summed E-state index contributed by atoms with van der Waals surface area (Å²) in [5, 5.41) is 3.22. The molecule has 136 valence electrons. The van der Waals surface area contributed by atoms with Gasteiger partial charge in [0.05, 0.1) is 0 Å². The summed E-state index contributed by atoms with van der Waals surface area (Å²) in [6.45, 7) is 7.49. The van der Waals surface area contributed by atoms with Crippen LogP contribution in [0.25, 0.3) is 0 Å². The molecule has 0 fully saturated rings. The Labute approximate surface area is 143 Å². The monoisotopic (exact) mass is 313 g/mol. The second kappa shape index (κ2) is 25.9. The number of unbranched alkanes of at least 4 members (excludes halogenated alkanes) is 15. The summed E-state index contributed by atoms with van der Waals surface area (Å²) < 4.78 is 0. The van der Waals surface area contributed by atoms with Gasteiger partial charge in [-0.1, -0.05) is 117 Å². The van der Waals surface area contributed by atoms with E-state index in [1.54, 1.807) is 0 Å². The average molecular weight is 314 g/mol. The van der Waals surface area contributed by atoms with E-state index in [4.69, 9.17) is 0 Å². The van der Waals surface area contributed by atoms with Crippen molar-refractivity contribution in [2.75, 3.05) is 13.6 Å². The first-order valence-corrected chi connectivity index (χ1v) is 10.6. The van der Waals surface area contributed by atoms with E-state index >= 15 is 0 Å². The summed E-state index contributed by atoms with van der Waals surface area (Å²) >= 11 is 0. The van der Waals surface area contributed by atoms with Crippen molar-refractivity contribution in [1.82, 2.24) is 5.32 Å². The number of hydrogen-bond acceptors (Lipinski definition) is 1. The molecule has 0 aromatic carbocycles. The molecule has 0 amide bonds. The minimum absolute atomic E-state index is 1.19. The molecule has 0 atom stereocenters. The Bertz CT molecular complexity index is 138. The fourth-order valence-corrected chi connectivity index (χ4v) is 2.85. The summed E-state index contributed by atoms with van der Waals surface area (Å²) in [6, 6.07) is 0. The van der Waals surface area contributed by atoms with Gasteiger partial charge in [0.25, 0.3) is 0 Å². The summed E-state index contributed by atoms with van der Waals surface area (Å²) in [6.07, 6.45) is 23.2. The molecular formula is C21H47N. The number of nitrogens with one attached hydrogen (secondary N) is 1. The highest BCUT2D eigenvalue weighted by molar-refractivity contribution is 4.50. The third kappa shape index (κ3) is 24.9. The van der Waals surface area contributed by atoms with E-state index in [1.165, 1.54) is 109 Å². The first-order chi connectivity index (χ1) is 10.9. The lowest BCUT2D eigenvalue weighted by Crippen LogP contribution is -2.06. The van der Waals surface area contributed by atoms with Crippen LogP contribution in [0.5, 0.6) is 0 Å². The lowest BCUT2D eigenvalue weighted by Gasteiger charge is -2.03. The van der Waals surface area contributed by atoms with Crippen LogP contribution in [0.3, 0.4) is 0 Å². The molecular weight excluding hydrogens is 266 g/mol. The molecule has 0 spiro atoms. The van der Waals surface area contributed by atoms with Crippen LogP contribution in [-0.4, -0.2) is 13.6 Å². The molecule has 0 rings (SSSR count). The van der Waals surface area contributed by atoms with Crippen molar-refractivity contribution in [3.8, 4) is 0 Å². The Morgan fingerprint density at radius 3 is 1.00 bits per heavy atom. The van der Waals surface area contributed by atoms with Gasteiger partial charge >= 0.3 is 0 Å². The second-order valence-corrected chi connectivity index (χ2v) is 6.41. The minimum atomic E-state index is 1.19. The first-order valence-electron chi connectivity index (χ1n) is 10.6. The highest BCUT2D eigenvalue weighted by Crippen LogP contribution is 2.13. The topological polar surface area (TPSA) is 12.0 Å². The van der Waals surface area contributed by atoms with Crippen LogP contribution in [0.4, 0.5) is 0 Å². The summed E-state index contributed by atoms with van der Waals surface area (Å²) in [5.41, 5.74) is 0. The molecule has 0 radical (unpaired) electrons. The van der Waals surface area contributed by atoms with Crippen molar-refractivity contribution < 1.29 is 0 Å². The molecule has 0 heterocycles. The Hall–Kier alpha value is -0.0400. The maximum absolute atomic E-state index is 3.22. The van der Waals surface area contributed by atoms with E-state index in [0.29, 0.717) is 0 Å². The van der Waals surface area contributed by atoms with Gasteiger partial charge in [-0.25, -0.2) is 0 Å². The van der Waals surface area contributed by atoms with Gasteiger partial charge in [-0.05, 0) is 20.0 Å². The highest BCUT2D eigenvalue weighted by Gasteiger charge is 1.94. The van der Waals surface area contributed by atoms with Crippen molar-refractivity contribution in [2.45, 2.75) is 124 Å². The fraction of sp³-hybridized carbons (Fsp3) is 1.00. The van der Waals surface area contributed by atoms with Gasteiger partial charge in [-0.3, -0.25) is 0 Å². The zero-order valence-corrected chi connectivity index (χ0v) is 16.5. The van der Waals surface area contributed by atoms with Crippen LogP contribution in [0, 0.1) is 0 Å². The van der Waals surface area contributed by atoms with Gasteiger partial charge in [0.1, 0.15) is 0 Å². The summed E-state index contributed by atoms with van der Waals surface area (Å²) in [4.78, 5) is 0. The van der Waals surface area contributed by atoms with Crippen LogP contribution >= 0.6 is 0 Å². The molecule has 0 aliphatic rings. The Morgan fingerprint density at radius 2 is 0.727 bits per heavy atom. The Morgan fingerprint density at radius 1 is 0.455 bits per heavy atom. The molecule has 1 heteroatoms. The van der Waals surface area contributed by atoms with Crippen LogP contribution in [0.2, 0.25) is 0 Å². The van der Waals surface area contributed by atoms with E-state index in [-0.39, 0.29) is 0 Å². The van der Waals surface area contributed by atoms with Gasteiger partial charge in [-0.2, -0.15) is 0 Å². The van der Waals surface area contributed by atoms with E-state index in [9.17, 15) is 0 Å². The van der Waals surface area contributed by atoms with Crippen LogP contribution < -0.4 is 5.32 Å². The maximum atomic E-state index is 3.22. The van der Waals surface area contributed by atoms with E-state index in [2.05, 4.69) is 12.2 Å². The van der Waals surface area contributed by atoms with Gasteiger partial charge in [0.2, 0.25) is 0 Å². The van der Waals surface area contributed by atoms with Crippen molar-refractivity contribution in [3.63, 3.8) is 0 Å². The lowest BCUT2D eigenvalue weighted by molar-refractivity contribution is 0.528. The highest BCUT2D eigenvalue weighted by atomic mass is 14.8. The normalized spacial score (nSPS) is 10.4. The quantitative estimate of drug-likeness (QED) is 0.274. The molecule has 0 bridgehead atoms. The smallest absolute Gasteiger partial charge is 0.00519 e. The minimum Gasteiger partial charge on any atom is -0.320 e. The summed E-state index contributed by atoms with van der Waals surface area (Å²) in [5.74, 6) is 0. The van der Waals surface area contributed by atoms with Crippen molar-refractivity contribution in [1.29, 1.82) is 0 Å². The standard InChI is InChI=1S/C19H41N.C2H6/c1-3-4-5-6-7-8-9-10-11-12-13-14-15-16-17-18-19-20-2;1-2/h20H,3-19H2,1-2H3;1-2H3. The predicted molar refractivity (Wildman–Crippen MR) is 105 cm³/mol. The number of rotatable bonds is 17. The molecule has 0 aliphatic carbocycles. The van der Waals surface area contributed by atoms with Crippen LogP contribution in [0.1, 0.15) is 124 Å². The van der Waals surface area contributed by atoms with Crippen LogP contribution in [-0.2, 0) is 0 Å². The van der Waals surface area contributed by atoms with Crippen molar-refractivity contribution >= 4 is 0 Å². The SMILES string of the molecule is CC.CCCCCCCCCCCCCCCCCCNC.